The van der Waals surface area contributed by atoms with Gasteiger partial charge in [0, 0.05) is 37.1 Å². The SMILES string of the molecule is Cc1cc2ncc(CNCCOc3ccccc3)cn2n1. The molecular weight excluding hydrogens is 264 g/mol. The average Bonchev–Trinajstić information content (AvgIpc) is 2.87. The summed E-state index contributed by atoms with van der Waals surface area (Å²) in [7, 11) is 0. The molecule has 3 aromatic rings. The number of benzene rings is 1. The third-order valence-electron chi connectivity index (χ3n) is 3.11. The molecule has 0 unspecified atom stereocenters. The van der Waals surface area contributed by atoms with Crippen LogP contribution in [-0.2, 0) is 6.54 Å². The van der Waals surface area contributed by atoms with Crippen molar-refractivity contribution in [3.05, 3.63) is 60.0 Å². The summed E-state index contributed by atoms with van der Waals surface area (Å²) >= 11 is 0. The molecule has 5 nitrogen and oxygen atoms in total. The van der Waals surface area contributed by atoms with Crippen molar-refractivity contribution >= 4 is 5.65 Å². The van der Waals surface area contributed by atoms with Crippen LogP contribution in [0, 0.1) is 6.92 Å². The van der Waals surface area contributed by atoms with Crippen molar-refractivity contribution in [2.24, 2.45) is 0 Å². The molecule has 0 aliphatic carbocycles. The molecule has 108 valence electrons. The first-order chi connectivity index (χ1) is 10.3. The summed E-state index contributed by atoms with van der Waals surface area (Å²) in [5.41, 5.74) is 2.96. The molecule has 0 spiro atoms. The maximum absolute atomic E-state index is 5.62. The van der Waals surface area contributed by atoms with Crippen molar-refractivity contribution in [1.82, 2.24) is 19.9 Å². The van der Waals surface area contributed by atoms with Crippen molar-refractivity contribution in [1.29, 1.82) is 0 Å². The lowest BCUT2D eigenvalue weighted by atomic mass is 10.3. The van der Waals surface area contributed by atoms with Gasteiger partial charge in [-0.25, -0.2) is 9.50 Å². The van der Waals surface area contributed by atoms with Crippen molar-refractivity contribution in [3.8, 4) is 5.75 Å². The Labute approximate surface area is 123 Å². The molecule has 0 aliphatic rings. The fourth-order valence-electron chi connectivity index (χ4n) is 2.12. The van der Waals surface area contributed by atoms with Crippen LogP contribution in [0.25, 0.3) is 5.65 Å². The van der Waals surface area contributed by atoms with Gasteiger partial charge in [-0.15, -0.1) is 0 Å². The minimum absolute atomic E-state index is 0.639. The van der Waals surface area contributed by atoms with Crippen molar-refractivity contribution < 1.29 is 4.74 Å². The summed E-state index contributed by atoms with van der Waals surface area (Å²) in [6.07, 6.45) is 3.88. The summed E-state index contributed by atoms with van der Waals surface area (Å²) in [6.45, 7) is 4.14. The van der Waals surface area contributed by atoms with Gasteiger partial charge in [-0.2, -0.15) is 5.10 Å². The van der Waals surface area contributed by atoms with E-state index in [4.69, 9.17) is 4.74 Å². The third-order valence-corrected chi connectivity index (χ3v) is 3.11. The number of aromatic nitrogens is 3. The molecule has 2 heterocycles. The zero-order chi connectivity index (χ0) is 14.5. The normalized spacial score (nSPS) is 10.9. The van der Waals surface area contributed by atoms with Gasteiger partial charge in [0.15, 0.2) is 5.65 Å². The Bertz CT molecular complexity index is 709. The molecule has 3 rings (SSSR count). The summed E-state index contributed by atoms with van der Waals surface area (Å²) in [5, 5.41) is 7.70. The molecule has 2 aromatic heterocycles. The van der Waals surface area contributed by atoms with Gasteiger partial charge >= 0.3 is 0 Å². The Morgan fingerprint density at radius 3 is 2.95 bits per heavy atom. The first kappa shape index (κ1) is 13.6. The zero-order valence-electron chi connectivity index (χ0n) is 12.0. The van der Waals surface area contributed by atoms with Crippen LogP contribution in [0.1, 0.15) is 11.3 Å². The van der Waals surface area contributed by atoms with Crippen molar-refractivity contribution in [2.45, 2.75) is 13.5 Å². The highest BCUT2D eigenvalue weighted by Gasteiger charge is 2.00. The van der Waals surface area contributed by atoms with Gasteiger partial charge in [0.05, 0.1) is 5.69 Å². The van der Waals surface area contributed by atoms with E-state index >= 15 is 0 Å². The minimum Gasteiger partial charge on any atom is -0.492 e. The van der Waals surface area contributed by atoms with Crippen LogP contribution in [0.4, 0.5) is 0 Å². The lowest BCUT2D eigenvalue weighted by molar-refractivity contribution is 0.313. The van der Waals surface area contributed by atoms with E-state index in [1.807, 2.05) is 60.2 Å². The fraction of sp³-hybridized carbons (Fsp3) is 0.250. The van der Waals surface area contributed by atoms with Gasteiger partial charge in [-0.1, -0.05) is 18.2 Å². The highest BCUT2D eigenvalue weighted by Crippen LogP contribution is 2.07. The van der Waals surface area contributed by atoms with E-state index in [2.05, 4.69) is 15.4 Å². The number of fused-ring (bicyclic) bond motifs is 1. The van der Waals surface area contributed by atoms with E-state index in [0.717, 1.165) is 35.7 Å². The number of hydrogen-bond donors (Lipinski definition) is 1. The van der Waals surface area contributed by atoms with Crippen LogP contribution in [0.15, 0.2) is 48.8 Å². The van der Waals surface area contributed by atoms with Gasteiger partial charge in [0.1, 0.15) is 12.4 Å². The quantitative estimate of drug-likeness (QED) is 0.704. The number of hydrogen-bond acceptors (Lipinski definition) is 4. The van der Waals surface area contributed by atoms with Crippen LogP contribution in [0.2, 0.25) is 0 Å². The second-order valence-electron chi connectivity index (χ2n) is 4.89. The molecule has 0 amide bonds. The highest BCUT2D eigenvalue weighted by molar-refractivity contribution is 5.38. The number of ether oxygens (including phenoxy) is 1. The van der Waals surface area contributed by atoms with E-state index < -0.39 is 0 Å². The maximum atomic E-state index is 5.62. The van der Waals surface area contributed by atoms with E-state index in [1.165, 1.54) is 0 Å². The lowest BCUT2D eigenvalue weighted by Gasteiger charge is -2.07. The largest absolute Gasteiger partial charge is 0.492 e. The number of rotatable bonds is 6. The molecule has 5 heteroatoms. The number of nitrogens with zero attached hydrogens (tertiary/aromatic N) is 3. The molecular formula is C16H18N4O. The molecule has 0 fully saturated rings. The fourth-order valence-corrected chi connectivity index (χ4v) is 2.12. The van der Waals surface area contributed by atoms with E-state index in [1.54, 1.807) is 0 Å². The standard InChI is InChI=1S/C16H18N4O/c1-13-9-16-18-11-14(12-20(16)19-13)10-17-7-8-21-15-5-3-2-4-6-15/h2-6,9,11-12,17H,7-8,10H2,1H3. The molecule has 1 aromatic carbocycles. The second kappa shape index (κ2) is 6.37. The van der Waals surface area contributed by atoms with Crippen molar-refractivity contribution in [2.75, 3.05) is 13.2 Å². The molecule has 0 saturated carbocycles. The maximum Gasteiger partial charge on any atom is 0.155 e. The number of aryl methyl sites for hydroxylation is 1. The Balaban J connectivity index is 1.46. The lowest BCUT2D eigenvalue weighted by Crippen LogP contribution is -2.20. The van der Waals surface area contributed by atoms with Crippen LogP contribution in [-0.4, -0.2) is 27.7 Å². The van der Waals surface area contributed by atoms with Gasteiger partial charge in [-0.05, 0) is 19.1 Å². The zero-order valence-corrected chi connectivity index (χ0v) is 12.0. The first-order valence-corrected chi connectivity index (χ1v) is 7.01. The van der Waals surface area contributed by atoms with Crippen LogP contribution >= 0.6 is 0 Å². The van der Waals surface area contributed by atoms with E-state index in [9.17, 15) is 0 Å². The Morgan fingerprint density at radius 2 is 2.10 bits per heavy atom. The highest BCUT2D eigenvalue weighted by atomic mass is 16.5. The number of nitrogens with one attached hydrogen (secondary N) is 1. The molecule has 0 saturated heterocycles. The van der Waals surface area contributed by atoms with E-state index in [0.29, 0.717) is 6.61 Å². The molecule has 0 aliphatic heterocycles. The van der Waals surface area contributed by atoms with E-state index in [-0.39, 0.29) is 0 Å². The first-order valence-electron chi connectivity index (χ1n) is 7.01. The van der Waals surface area contributed by atoms with Crippen molar-refractivity contribution in [3.63, 3.8) is 0 Å². The molecule has 0 radical (unpaired) electrons. The molecule has 1 N–H and O–H groups in total. The summed E-state index contributed by atoms with van der Waals surface area (Å²) in [4.78, 5) is 4.38. The van der Waals surface area contributed by atoms with Crippen LogP contribution in [0.3, 0.4) is 0 Å². The predicted octanol–water partition coefficient (Wildman–Crippen LogP) is 2.21. The smallest absolute Gasteiger partial charge is 0.155 e. The Hall–Kier alpha value is -2.40. The Kier molecular flexibility index (Phi) is 4.12. The summed E-state index contributed by atoms with van der Waals surface area (Å²) < 4.78 is 7.43. The minimum atomic E-state index is 0.639. The molecule has 0 atom stereocenters. The average molecular weight is 282 g/mol. The molecule has 0 bridgehead atoms. The van der Waals surface area contributed by atoms with Gasteiger partial charge in [-0.3, -0.25) is 0 Å². The summed E-state index contributed by atoms with van der Waals surface area (Å²) in [5.74, 6) is 0.898. The van der Waals surface area contributed by atoms with Gasteiger partial charge in [0.2, 0.25) is 0 Å². The van der Waals surface area contributed by atoms with Gasteiger partial charge < -0.3 is 10.1 Å². The van der Waals surface area contributed by atoms with Crippen LogP contribution in [0.5, 0.6) is 5.75 Å². The van der Waals surface area contributed by atoms with Gasteiger partial charge in [0.25, 0.3) is 0 Å². The monoisotopic (exact) mass is 282 g/mol. The summed E-state index contributed by atoms with van der Waals surface area (Å²) in [6, 6.07) is 11.8. The Morgan fingerprint density at radius 1 is 1.24 bits per heavy atom. The molecule has 21 heavy (non-hydrogen) atoms. The second-order valence-corrected chi connectivity index (χ2v) is 4.89. The topological polar surface area (TPSA) is 51.5 Å². The number of para-hydroxylation sites is 1. The van der Waals surface area contributed by atoms with Crippen LogP contribution < -0.4 is 10.1 Å². The third kappa shape index (κ3) is 3.58. The predicted molar refractivity (Wildman–Crippen MR) is 81.4 cm³/mol.